The summed E-state index contributed by atoms with van der Waals surface area (Å²) < 4.78 is 5.03. The smallest absolute Gasteiger partial charge is 0.310 e. The van der Waals surface area contributed by atoms with Crippen LogP contribution in [0, 0.1) is 5.92 Å². The van der Waals surface area contributed by atoms with Crippen molar-refractivity contribution in [2.24, 2.45) is 11.7 Å². The molecule has 2 atom stereocenters. The minimum Gasteiger partial charge on any atom is -0.465 e. The first-order valence-corrected chi connectivity index (χ1v) is 4.68. The van der Waals surface area contributed by atoms with Gasteiger partial charge in [0.1, 0.15) is 0 Å². The van der Waals surface area contributed by atoms with Crippen molar-refractivity contribution in [2.45, 2.75) is 38.6 Å². The Morgan fingerprint density at radius 3 is 2.83 bits per heavy atom. The molecule has 3 heteroatoms. The Labute approximate surface area is 73.3 Å². The standard InChI is InChI=1S/C9H17NO2/c1-2-6-12-9(11)7-4-3-5-8(7)10/h7-8H,2-6,10H2,1H3. The number of carbonyl (C=O) groups excluding carboxylic acids is 1. The molecule has 70 valence electrons. The van der Waals surface area contributed by atoms with Crippen LogP contribution in [0.15, 0.2) is 0 Å². The molecule has 0 aromatic heterocycles. The first kappa shape index (κ1) is 9.52. The highest BCUT2D eigenvalue weighted by Gasteiger charge is 2.31. The van der Waals surface area contributed by atoms with Gasteiger partial charge in [-0.15, -0.1) is 0 Å². The molecule has 0 saturated heterocycles. The van der Waals surface area contributed by atoms with Crippen LogP contribution >= 0.6 is 0 Å². The van der Waals surface area contributed by atoms with Crippen molar-refractivity contribution in [2.75, 3.05) is 6.61 Å². The molecule has 1 fully saturated rings. The summed E-state index contributed by atoms with van der Waals surface area (Å²) in [4.78, 5) is 11.3. The number of hydrogen-bond donors (Lipinski definition) is 1. The van der Waals surface area contributed by atoms with Crippen molar-refractivity contribution in [1.82, 2.24) is 0 Å². The van der Waals surface area contributed by atoms with Gasteiger partial charge in [0.15, 0.2) is 0 Å². The third-order valence-corrected chi connectivity index (χ3v) is 2.32. The molecule has 1 aliphatic rings. The highest BCUT2D eigenvalue weighted by molar-refractivity contribution is 5.73. The molecule has 1 rings (SSSR count). The first-order chi connectivity index (χ1) is 5.75. The second-order valence-electron chi connectivity index (χ2n) is 3.37. The van der Waals surface area contributed by atoms with Crippen molar-refractivity contribution >= 4 is 5.97 Å². The molecular weight excluding hydrogens is 154 g/mol. The van der Waals surface area contributed by atoms with Gasteiger partial charge in [-0.3, -0.25) is 4.79 Å². The van der Waals surface area contributed by atoms with Gasteiger partial charge in [-0.25, -0.2) is 0 Å². The molecule has 0 spiro atoms. The van der Waals surface area contributed by atoms with Gasteiger partial charge in [0.05, 0.1) is 12.5 Å². The predicted molar refractivity (Wildman–Crippen MR) is 46.6 cm³/mol. The molecule has 0 aromatic carbocycles. The third kappa shape index (κ3) is 2.21. The van der Waals surface area contributed by atoms with E-state index >= 15 is 0 Å². The molecule has 0 bridgehead atoms. The maximum atomic E-state index is 11.3. The van der Waals surface area contributed by atoms with Crippen molar-refractivity contribution in [3.63, 3.8) is 0 Å². The third-order valence-electron chi connectivity index (χ3n) is 2.32. The Kier molecular flexibility index (Phi) is 3.53. The summed E-state index contributed by atoms with van der Waals surface area (Å²) in [7, 11) is 0. The molecule has 1 saturated carbocycles. The molecule has 0 aliphatic heterocycles. The van der Waals surface area contributed by atoms with Crippen LogP contribution in [-0.2, 0) is 9.53 Å². The van der Waals surface area contributed by atoms with E-state index in [1.165, 1.54) is 0 Å². The van der Waals surface area contributed by atoms with E-state index < -0.39 is 0 Å². The quantitative estimate of drug-likeness (QED) is 0.646. The second-order valence-corrected chi connectivity index (χ2v) is 3.37. The zero-order valence-corrected chi connectivity index (χ0v) is 7.58. The molecule has 0 heterocycles. The van der Waals surface area contributed by atoms with E-state index in [1.807, 2.05) is 6.92 Å². The van der Waals surface area contributed by atoms with Crippen LogP contribution in [0.2, 0.25) is 0 Å². The summed E-state index contributed by atoms with van der Waals surface area (Å²) in [5.74, 6) is -0.126. The van der Waals surface area contributed by atoms with Crippen LogP contribution in [-0.4, -0.2) is 18.6 Å². The highest BCUT2D eigenvalue weighted by atomic mass is 16.5. The fraction of sp³-hybridized carbons (Fsp3) is 0.889. The number of rotatable bonds is 3. The molecule has 12 heavy (non-hydrogen) atoms. The van der Waals surface area contributed by atoms with Gasteiger partial charge in [-0.05, 0) is 19.3 Å². The molecular formula is C9H17NO2. The monoisotopic (exact) mass is 171 g/mol. The lowest BCUT2D eigenvalue weighted by Crippen LogP contribution is -2.31. The average molecular weight is 171 g/mol. The van der Waals surface area contributed by atoms with Gasteiger partial charge in [-0.2, -0.15) is 0 Å². The van der Waals surface area contributed by atoms with Crippen LogP contribution in [0.3, 0.4) is 0 Å². The van der Waals surface area contributed by atoms with Crippen LogP contribution in [0.5, 0.6) is 0 Å². The van der Waals surface area contributed by atoms with E-state index in [9.17, 15) is 4.79 Å². The van der Waals surface area contributed by atoms with E-state index in [4.69, 9.17) is 10.5 Å². The van der Waals surface area contributed by atoms with E-state index in [1.54, 1.807) is 0 Å². The Bertz CT molecular complexity index is 159. The lowest BCUT2D eigenvalue weighted by atomic mass is 10.1. The fourth-order valence-electron chi connectivity index (χ4n) is 1.59. The Morgan fingerprint density at radius 1 is 1.58 bits per heavy atom. The van der Waals surface area contributed by atoms with Gasteiger partial charge in [0.2, 0.25) is 0 Å². The Balaban J connectivity index is 2.30. The molecule has 0 amide bonds. The summed E-state index contributed by atoms with van der Waals surface area (Å²) >= 11 is 0. The minimum atomic E-state index is -0.0955. The van der Waals surface area contributed by atoms with Crippen molar-refractivity contribution in [3.8, 4) is 0 Å². The highest BCUT2D eigenvalue weighted by Crippen LogP contribution is 2.24. The lowest BCUT2D eigenvalue weighted by Gasteiger charge is -2.13. The van der Waals surface area contributed by atoms with Gasteiger partial charge in [0, 0.05) is 6.04 Å². The minimum absolute atomic E-state index is 0.0310. The summed E-state index contributed by atoms with van der Waals surface area (Å²) in [6.45, 7) is 2.52. The van der Waals surface area contributed by atoms with Crippen molar-refractivity contribution < 1.29 is 9.53 Å². The summed E-state index contributed by atoms with van der Waals surface area (Å²) in [5, 5.41) is 0. The van der Waals surface area contributed by atoms with E-state index in [2.05, 4.69) is 0 Å². The molecule has 0 radical (unpaired) electrons. The number of ether oxygens (including phenoxy) is 1. The maximum Gasteiger partial charge on any atom is 0.310 e. The van der Waals surface area contributed by atoms with Crippen molar-refractivity contribution in [1.29, 1.82) is 0 Å². The first-order valence-electron chi connectivity index (χ1n) is 4.68. The predicted octanol–water partition coefficient (Wildman–Crippen LogP) is 1.07. The number of hydrogen-bond acceptors (Lipinski definition) is 3. The lowest BCUT2D eigenvalue weighted by molar-refractivity contribution is -0.148. The van der Waals surface area contributed by atoms with Gasteiger partial charge in [-0.1, -0.05) is 13.3 Å². The maximum absolute atomic E-state index is 11.3. The summed E-state index contributed by atoms with van der Waals surface area (Å²) in [6.07, 6.45) is 3.82. The zero-order valence-electron chi connectivity index (χ0n) is 7.58. The second kappa shape index (κ2) is 4.45. The van der Waals surface area contributed by atoms with Crippen LogP contribution < -0.4 is 5.73 Å². The summed E-state index contributed by atoms with van der Waals surface area (Å²) in [5.41, 5.74) is 5.75. The van der Waals surface area contributed by atoms with Crippen molar-refractivity contribution in [3.05, 3.63) is 0 Å². The van der Waals surface area contributed by atoms with Crippen LogP contribution in [0.1, 0.15) is 32.6 Å². The molecule has 3 nitrogen and oxygen atoms in total. The SMILES string of the molecule is CCCOC(=O)C1CCCC1N. The van der Waals surface area contributed by atoms with E-state index in [-0.39, 0.29) is 17.9 Å². The largest absolute Gasteiger partial charge is 0.465 e. The van der Waals surface area contributed by atoms with Crippen LogP contribution in [0.4, 0.5) is 0 Å². The molecule has 1 aliphatic carbocycles. The topological polar surface area (TPSA) is 52.3 Å². The fourth-order valence-corrected chi connectivity index (χ4v) is 1.59. The van der Waals surface area contributed by atoms with E-state index in [0.717, 1.165) is 25.7 Å². The normalized spacial score (nSPS) is 28.8. The number of nitrogens with two attached hydrogens (primary N) is 1. The summed E-state index contributed by atoms with van der Waals surface area (Å²) in [6, 6.07) is 0.0364. The molecule has 0 aromatic rings. The van der Waals surface area contributed by atoms with Gasteiger partial charge < -0.3 is 10.5 Å². The number of esters is 1. The Hall–Kier alpha value is -0.570. The van der Waals surface area contributed by atoms with Crippen LogP contribution in [0.25, 0.3) is 0 Å². The molecule has 2 N–H and O–H groups in total. The van der Waals surface area contributed by atoms with Gasteiger partial charge in [0.25, 0.3) is 0 Å². The van der Waals surface area contributed by atoms with E-state index in [0.29, 0.717) is 6.61 Å². The number of carbonyl (C=O) groups is 1. The Morgan fingerprint density at radius 2 is 2.33 bits per heavy atom. The van der Waals surface area contributed by atoms with Gasteiger partial charge >= 0.3 is 5.97 Å². The zero-order chi connectivity index (χ0) is 8.97. The average Bonchev–Trinajstić information content (AvgIpc) is 2.47. The molecule has 2 unspecified atom stereocenters.